The van der Waals surface area contributed by atoms with Gasteiger partial charge < -0.3 is 20.1 Å². The molecule has 3 aromatic rings. The van der Waals surface area contributed by atoms with Gasteiger partial charge in [0.2, 0.25) is 11.8 Å². The molecule has 0 atom stereocenters. The molecule has 0 saturated carbocycles. The summed E-state index contributed by atoms with van der Waals surface area (Å²) in [5.74, 6) is 0.132. The Morgan fingerprint density at radius 1 is 0.968 bits per heavy atom. The second-order valence-electron chi connectivity index (χ2n) is 7.51. The van der Waals surface area contributed by atoms with Crippen LogP contribution in [0.25, 0.3) is 10.9 Å². The van der Waals surface area contributed by atoms with Gasteiger partial charge in [-0.15, -0.1) is 0 Å². The molecule has 2 aromatic carbocycles. The van der Waals surface area contributed by atoms with Crippen LogP contribution in [0, 0.1) is 0 Å². The number of nitrogens with one attached hydrogen (secondary N) is 2. The first kappa shape index (κ1) is 20.6. The molecule has 0 unspecified atom stereocenters. The summed E-state index contributed by atoms with van der Waals surface area (Å²) in [4.78, 5) is 47.9. The number of piperazine rings is 1. The molecule has 8 heteroatoms. The zero-order chi connectivity index (χ0) is 21.6. The van der Waals surface area contributed by atoms with Crippen molar-refractivity contribution >= 4 is 28.4 Å². The number of aromatic nitrogens is 2. The summed E-state index contributed by atoms with van der Waals surface area (Å²) >= 11 is 0. The number of hydrogen-bond donors (Lipinski definition) is 2. The zero-order valence-electron chi connectivity index (χ0n) is 17.2. The van der Waals surface area contributed by atoms with E-state index < -0.39 is 0 Å². The molecular formula is C23H25N5O3. The van der Waals surface area contributed by atoms with Crippen molar-refractivity contribution in [3.05, 3.63) is 70.8 Å². The molecule has 0 bridgehead atoms. The molecule has 8 nitrogen and oxygen atoms in total. The Hall–Kier alpha value is -3.68. The molecule has 31 heavy (non-hydrogen) atoms. The van der Waals surface area contributed by atoms with Gasteiger partial charge in [-0.05, 0) is 24.3 Å². The number of benzene rings is 2. The molecule has 4 rings (SSSR count). The Bertz CT molecular complexity index is 1120. The van der Waals surface area contributed by atoms with Gasteiger partial charge in [-0.3, -0.25) is 14.4 Å². The topological polar surface area (TPSA) is 98.4 Å². The average Bonchev–Trinajstić information content (AvgIpc) is 2.82. The predicted octanol–water partition coefficient (Wildman–Crippen LogP) is 1.32. The van der Waals surface area contributed by atoms with Gasteiger partial charge >= 0.3 is 0 Å². The number of hydrogen-bond acceptors (Lipinski definition) is 5. The Morgan fingerprint density at radius 2 is 1.68 bits per heavy atom. The first-order valence-corrected chi connectivity index (χ1v) is 10.4. The highest BCUT2D eigenvalue weighted by Gasteiger charge is 2.21. The van der Waals surface area contributed by atoms with E-state index in [1.807, 2.05) is 24.3 Å². The number of para-hydroxylation sites is 2. The fourth-order valence-corrected chi connectivity index (χ4v) is 3.71. The van der Waals surface area contributed by atoms with Gasteiger partial charge in [-0.1, -0.05) is 30.3 Å². The molecule has 1 aliphatic rings. The van der Waals surface area contributed by atoms with Gasteiger partial charge in [-0.25, -0.2) is 4.98 Å². The fourth-order valence-electron chi connectivity index (χ4n) is 3.71. The number of anilines is 1. The molecule has 1 aromatic heterocycles. The number of aromatic amines is 1. The van der Waals surface area contributed by atoms with Crippen molar-refractivity contribution in [2.24, 2.45) is 0 Å². The van der Waals surface area contributed by atoms with Gasteiger partial charge in [0, 0.05) is 44.7 Å². The summed E-state index contributed by atoms with van der Waals surface area (Å²) in [5, 5.41) is 3.20. The number of aryl methyl sites for hydroxylation is 1. The molecular weight excluding hydrogens is 394 g/mol. The van der Waals surface area contributed by atoms with E-state index in [0.29, 0.717) is 36.2 Å². The van der Waals surface area contributed by atoms with Gasteiger partial charge in [0.25, 0.3) is 5.56 Å². The quantitative estimate of drug-likeness (QED) is 0.628. The van der Waals surface area contributed by atoms with E-state index in [0.717, 1.165) is 18.8 Å². The minimum atomic E-state index is -0.243. The third-order valence-corrected chi connectivity index (χ3v) is 5.44. The zero-order valence-corrected chi connectivity index (χ0v) is 17.2. The van der Waals surface area contributed by atoms with Crippen LogP contribution in [0.2, 0.25) is 0 Å². The monoisotopic (exact) mass is 419 g/mol. The molecule has 1 saturated heterocycles. The summed E-state index contributed by atoms with van der Waals surface area (Å²) in [5.41, 5.74) is 1.54. The van der Waals surface area contributed by atoms with Crippen LogP contribution in [-0.2, 0) is 16.0 Å². The van der Waals surface area contributed by atoms with E-state index >= 15 is 0 Å². The van der Waals surface area contributed by atoms with Crippen molar-refractivity contribution in [1.29, 1.82) is 0 Å². The summed E-state index contributed by atoms with van der Waals surface area (Å²) in [7, 11) is 0. The summed E-state index contributed by atoms with van der Waals surface area (Å²) in [6.45, 7) is 2.78. The molecule has 2 amide bonds. The molecule has 2 heterocycles. The molecule has 0 spiro atoms. The SMILES string of the molecule is O=C(CCc1nc2ccccc2c(=O)[nH]1)NCC(=O)N1CCN(c2ccccc2)CC1. The maximum Gasteiger partial charge on any atom is 0.258 e. The number of carbonyl (C=O) groups excluding carboxylic acids is 2. The van der Waals surface area contributed by atoms with Crippen LogP contribution in [0.5, 0.6) is 0 Å². The van der Waals surface area contributed by atoms with Crippen LogP contribution in [0.3, 0.4) is 0 Å². The highest BCUT2D eigenvalue weighted by molar-refractivity contribution is 5.85. The largest absolute Gasteiger partial charge is 0.368 e. The van der Waals surface area contributed by atoms with Crippen LogP contribution >= 0.6 is 0 Å². The lowest BCUT2D eigenvalue weighted by atomic mass is 10.2. The van der Waals surface area contributed by atoms with E-state index in [9.17, 15) is 14.4 Å². The van der Waals surface area contributed by atoms with E-state index in [2.05, 4.69) is 32.3 Å². The maximum atomic E-state index is 12.4. The summed E-state index contributed by atoms with van der Waals surface area (Å²) < 4.78 is 0. The molecule has 0 radical (unpaired) electrons. The lowest BCUT2D eigenvalue weighted by Crippen LogP contribution is -2.51. The molecule has 0 aliphatic carbocycles. The van der Waals surface area contributed by atoms with Crippen LogP contribution in [0.4, 0.5) is 5.69 Å². The highest BCUT2D eigenvalue weighted by Crippen LogP contribution is 2.15. The molecule has 1 fully saturated rings. The third-order valence-electron chi connectivity index (χ3n) is 5.44. The highest BCUT2D eigenvalue weighted by atomic mass is 16.2. The fraction of sp³-hybridized carbons (Fsp3) is 0.304. The van der Waals surface area contributed by atoms with Crippen molar-refractivity contribution in [2.45, 2.75) is 12.8 Å². The van der Waals surface area contributed by atoms with Crippen molar-refractivity contribution in [3.8, 4) is 0 Å². The predicted molar refractivity (Wildman–Crippen MR) is 119 cm³/mol. The number of carbonyl (C=O) groups is 2. The minimum Gasteiger partial charge on any atom is -0.368 e. The van der Waals surface area contributed by atoms with E-state index in [4.69, 9.17) is 0 Å². The maximum absolute atomic E-state index is 12.4. The molecule has 1 aliphatic heterocycles. The van der Waals surface area contributed by atoms with E-state index in [1.165, 1.54) is 0 Å². The van der Waals surface area contributed by atoms with Crippen LogP contribution < -0.4 is 15.8 Å². The smallest absolute Gasteiger partial charge is 0.258 e. The van der Waals surface area contributed by atoms with Crippen LogP contribution in [-0.4, -0.2) is 59.4 Å². The Labute approximate surface area is 179 Å². The van der Waals surface area contributed by atoms with E-state index in [-0.39, 0.29) is 30.3 Å². The number of H-pyrrole nitrogens is 1. The van der Waals surface area contributed by atoms with Crippen molar-refractivity contribution in [1.82, 2.24) is 20.2 Å². The number of amides is 2. The lowest BCUT2D eigenvalue weighted by molar-refractivity contribution is -0.133. The average molecular weight is 419 g/mol. The third kappa shape index (κ3) is 5.09. The second kappa shape index (κ2) is 9.42. The summed E-state index contributed by atoms with van der Waals surface area (Å²) in [6.07, 6.45) is 0.451. The number of rotatable bonds is 6. The minimum absolute atomic E-state index is 0.0220. The van der Waals surface area contributed by atoms with Crippen molar-refractivity contribution in [3.63, 3.8) is 0 Å². The van der Waals surface area contributed by atoms with Gasteiger partial charge in [0.1, 0.15) is 5.82 Å². The van der Waals surface area contributed by atoms with Gasteiger partial charge in [-0.2, -0.15) is 0 Å². The number of fused-ring (bicyclic) bond motifs is 1. The van der Waals surface area contributed by atoms with Gasteiger partial charge in [0.15, 0.2) is 0 Å². The van der Waals surface area contributed by atoms with Crippen molar-refractivity contribution < 1.29 is 9.59 Å². The first-order chi connectivity index (χ1) is 15.1. The van der Waals surface area contributed by atoms with Crippen LogP contribution in [0.15, 0.2) is 59.4 Å². The van der Waals surface area contributed by atoms with Gasteiger partial charge in [0.05, 0.1) is 17.4 Å². The standard InChI is InChI=1S/C23H25N5O3/c29-21(11-10-20-25-19-9-5-4-8-18(19)23(31)26-20)24-16-22(30)28-14-12-27(13-15-28)17-6-2-1-3-7-17/h1-9H,10-16H2,(H,24,29)(H,25,26,31). The van der Waals surface area contributed by atoms with Crippen LogP contribution in [0.1, 0.15) is 12.2 Å². The van der Waals surface area contributed by atoms with E-state index in [1.54, 1.807) is 23.1 Å². The molecule has 2 N–H and O–H groups in total. The first-order valence-electron chi connectivity index (χ1n) is 10.4. The Morgan fingerprint density at radius 3 is 2.45 bits per heavy atom. The summed E-state index contributed by atoms with van der Waals surface area (Å²) in [6, 6.07) is 17.2. The Balaban J connectivity index is 1.22. The lowest BCUT2D eigenvalue weighted by Gasteiger charge is -2.36. The number of nitrogens with zero attached hydrogens (tertiary/aromatic N) is 3. The molecule has 160 valence electrons. The second-order valence-corrected chi connectivity index (χ2v) is 7.51. The normalized spacial score (nSPS) is 13.9. The van der Waals surface area contributed by atoms with Crippen molar-refractivity contribution in [2.75, 3.05) is 37.6 Å². The Kier molecular flexibility index (Phi) is 6.26.